The van der Waals surface area contributed by atoms with Gasteiger partial charge in [-0.05, 0) is 12.5 Å². The van der Waals surface area contributed by atoms with E-state index in [2.05, 4.69) is 19.6 Å². The number of thiol groups is 1. The minimum atomic E-state index is -1.37. The predicted molar refractivity (Wildman–Crippen MR) is 58.3 cm³/mol. The van der Waals surface area contributed by atoms with E-state index >= 15 is 0 Å². The second kappa shape index (κ2) is 8.10. The highest BCUT2D eigenvalue weighted by Gasteiger charge is 2.14. The Hall–Kier alpha value is 0.487. The first-order valence-electron chi connectivity index (χ1n) is 4.48. The molecule has 0 amide bonds. The number of rotatable bonds is 7. The predicted octanol–water partition coefficient (Wildman–Crippen LogP) is 1.99. The minimum Gasteiger partial charge on any atom is -0.400 e. The van der Waals surface area contributed by atoms with Crippen molar-refractivity contribution in [3.63, 3.8) is 0 Å². The lowest BCUT2D eigenvalue weighted by atomic mass is 10.2. The molecular formula is C8H20O2SSi. The fraction of sp³-hybridized carbons (Fsp3) is 1.00. The van der Waals surface area contributed by atoms with Gasteiger partial charge in [-0.25, -0.2) is 0 Å². The van der Waals surface area contributed by atoms with Crippen LogP contribution in [0.15, 0.2) is 0 Å². The van der Waals surface area contributed by atoms with Gasteiger partial charge in [-0.2, -0.15) is 12.6 Å². The highest BCUT2D eigenvalue weighted by atomic mass is 32.1. The molecule has 1 unspecified atom stereocenters. The molecule has 0 rings (SSSR count). The lowest BCUT2D eigenvalue weighted by molar-refractivity contribution is 0.277. The van der Waals surface area contributed by atoms with Crippen LogP contribution in [0.2, 0.25) is 6.04 Å². The second-order valence-electron chi connectivity index (χ2n) is 2.93. The normalized spacial score (nSPS) is 13.8. The van der Waals surface area contributed by atoms with Crippen LogP contribution in [0.25, 0.3) is 0 Å². The fourth-order valence-electron chi connectivity index (χ4n) is 1.07. The molecule has 2 nitrogen and oxygen atoms in total. The van der Waals surface area contributed by atoms with Gasteiger partial charge in [0, 0.05) is 19.5 Å². The molecule has 0 aliphatic rings. The summed E-state index contributed by atoms with van der Waals surface area (Å²) in [6.07, 6.45) is 3.67. The summed E-state index contributed by atoms with van der Waals surface area (Å²) in [5, 5.41) is 0.460. The third-order valence-corrected chi connectivity index (χ3v) is 4.75. The Labute approximate surface area is 82.9 Å². The van der Waals surface area contributed by atoms with Crippen molar-refractivity contribution in [2.75, 3.05) is 14.2 Å². The van der Waals surface area contributed by atoms with Crippen LogP contribution >= 0.6 is 12.6 Å². The Morgan fingerprint density at radius 3 is 2.33 bits per heavy atom. The van der Waals surface area contributed by atoms with Crippen LogP contribution in [0.3, 0.4) is 0 Å². The van der Waals surface area contributed by atoms with E-state index in [1.807, 2.05) is 0 Å². The molecule has 0 aliphatic carbocycles. The van der Waals surface area contributed by atoms with E-state index < -0.39 is 9.28 Å². The minimum absolute atomic E-state index is 0.460. The van der Waals surface area contributed by atoms with Crippen LogP contribution in [0.1, 0.15) is 26.2 Å². The van der Waals surface area contributed by atoms with Crippen LogP contribution in [-0.2, 0) is 8.85 Å². The molecule has 0 radical (unpaired) electrons. The summed E-state index contributed by atoms with van der Waals surface area (Å²) in [6.45, 7) is 2.20. The molecule has 0 aromatic carbocycles. The van der Waals surface area contributed by atoms with Gasteiger partial charge in [0.25, 0.3) is 0 Å². The van der Waals surface area contributed by atoms with Crippen molar-refractivity contribution in [1.82, 2.24) is 0 Å². The molecule has 0 saturated heterocycles. The summed E-state index contributed by atoms with van der Waals surface area (Å²) in [7, 11) is 2.08. The summed E-state index contributed by atoms with van der Waals surface area (Å²) in [5.41, 5.74) is 0. The molecule has 0 aliphatic heterocycles. The molecule has 0 saturated carbocycles. The molecule has 4 heteroatoms. The van der Waals surface area contributed by atoms with Gasteiger partial charge >= 0.3 is 9.28 Å². The van der Waals surface area contributed by atoms with E-state index in [-0.39, 0.29) is 0 Å². The highest BCUT2D eigenvalue weighted by molar-refractivity contribution is 7.81. The van der Waals surface area contributed by atoms with E-state index in [9.17, 15) is 0 Å². The van der Waals surface area contributed by atoms with Crippen molar-refractivity contribution in [2.24, 2.45) is 0 Å². The standard InChI is InChI=1S/C8H20O2SSi/c1-4-5-6-8(11)7-12(9-2)10-3/h8,11-12H,4-7H2,1-3H3. The Kier molecular flexibility index (Phi) is 8.43. The Morgan fingerprint density at radius 2 is 1.92 bits per heavy atom. The molecule has 0 N–H and O–H groups in total. The Balaban J connectivity index is 3.44. The van der Waals surface area contributed by atoms with Gasteiger partial charge in [0.05, 0.1) is 0 Å². The monoisotopic (exact) mass is 208 g/mol. The maximum Gasteiger partial charge on any atom is 0.321 e. The zero-order chi connectivity index (χ0) is 9.40. The largest absolute Gasteiger partial charge is 0.400 e. The molecule has 0 aromatic rings. The zero-order valence-electron chi connectivity index (χ0n) is 8.25. The Morgan fingerprint density at radius 1 is 1.33 bits per heavy atom. The summed E-state index contributed by atoms with van der Waals surface area (Å²) < 4.78 is 10.4. The van der Waals surface area contributed by atoms with E-state index in [0.717, 1.165) is 6.04 Å². The highest BCUT2D eigenvalue weighted by Crippen LogP contribution is 2.14. The third-order valence-electron chi connectivity index (χ3n) is 1.88. The first-order valence-corrected chi connectivity index (χ1v) is 6.75. The van der Waals surface area contributed by atoms with Gasteiger partial charge in [0.15, 0.2) is 0 Å². The van der Waals surface area contributed by atoms with Crippen molar-refractivity contribution in [1.29, 1.82) is 0 Å². The van der Waals surface area contributed by atoms with Crippen LogP contribution in [0, 0.1) is 0 Å². The van der Waals surface area contributed by atoms with Gasteiger partial charge in [-0.15, -0.1) is 0 Å². The summed E-state index contributed by atoms with van der Waals surface area (Å²) in [5.74, 6) is 0. The van der Waals surface area contributed by atoms with Crippen LogP contribution in [0.4, 0.5) is 0 Å². The topological polar surface area (TPSA) is 18.5 Å². The van der Waals surface area contributed by atoms with E-state index in [1.54, 1.807) is 14.2 Å². The molecule has 74 valence electrons. The van der Waals surface area contributed by atoms with E-state index in [0.29, 0.717) is 5.25 Å². The van der Waals surface area contributed by atoms with E-state index in [4.69, 9.17) is 8.85 Å². The van der Waals surface area contributed by atoms with Gasteiger partial charge in [-0.3, -0.25) is 0 Å². The second-order valence-corrected chi connectivity index (χ2v) is 5.94. The lowest BCUT2D eigenvalue weighted by Gasteiger charge is -2.15. The molecule has 0 fully saturated rings. The smallest absolute Gasteiger partial charge is 0.321 e. The molecule has 1 atom stereocenters. The van der Waals surface area contributed by atoms with Gasteiger partial charge < -0.3 is 8.85 Å². The molecule has 0 bridgehead atoms. The Bertz CT molecular complexity index is 99.1. The molecule has 0 aromatic heterocycles. The molecular weight excluding hydrogens is 188 g/mol. The summed E-state index contributed by atoms with van der Waals surface area (Å²) in [6, 6.07) is 1.01. The first kappa shape index (κ1) is 12.5. The van der Waals surface area contributed by atoms with Crippen molar-refractivity contribution in [3.05, 3.63) is 0 Å². The zero-order valence-corrected chi connectivity index (χ0v) is 10.3. The van der Waals surface area contributed by atoms with E-state index in [1.165, 1.54) is 19.3 Å². The van der Waals surface area contributed by atoms with Crippen molar-refractivity contribution >= 4 is 21.9 Å². The fourth-order valence-corrected chi connectivity index (χ4v) is 3.02. The van der Waals surface area contributed by atoms with Gasteiger partial charge in [0.2, 0.25) is 0 Å². The summed E-state index contributed by atoms with van der Waals surface area (Å²) in [4.78, 5) is 0. The summed E-state index contributed by atoms with van der Waals surface area (Å²) >= 11 is 4.49. The average Bonchev–Trinajstić information content (AvgIpc) is 2.10. The quantitative estimate of drug-likeness (QED) is 0.509. The first-order chi connectivity index (χ1) is 5.74. The van der Waals surface area contributed by atoms with Crippen LogP contribution < -0.4 is 0 Å². The van der Waals surface area contributed by atoms with Gasteiger partial charge in [0.1, 0.15) is 0 Å². The number of hydrogen-bond acceptors (Lipinski definition) is 3. The van der Waals surface area contributed by atoms with Crippen molar-refractivity contribution in [2.45, 2.75) is 37.5 Å². The molecule has 12 heavy (non-hydrogen) atoms. The van der Waals surface area contributed by atoms with Crippen LogP contribution in [-0.4, -0.2) is 28.8 Å². The van der Waals surface area contributed by atoms with Crippen molar-refractivity contribution in [3.8, 4) is 0 Å². The SMILES string of the molecule is CCCCC(S)C[SiH](OC)OC. The van der Waals surface area contributed by atoms with Crippen LogP contribution in [0.5, 0.6) is 0 Å². The van der Waals surface area contributed by atoms with Gasteiger partial charge in [-0.1, -0.05) is 19.8 Å². The van der Waals surface area contributed by atoms with Crippen molar-refractivity contribution < 1.29 is 8.85 Å². The molecule has 0 spiro atoms. The molecule has 0 heterocycles. The maximum atomic E-state index is 5.22. The third kappa shape index (κ3) is 6.05. The number of hydrogen-bond donors (Lipinski definition) is 1. The lowest BCUT2D eigenvalue weighted by Crippen LogP contribution is -2.23. The number of unbranched alkanes of at least 4 members (excludes halogenated alkanes) is 1. The average molecular weight is 208 g/mol. The maximum absolute atomic E-state index is 5.22.